The van der Waals surface area contributed by atoms with Crippen molar-refractivity contribution in [2.75, 3.05) is 24.3 Å². The van der Waals surface area contributed by atoms with E-state index in [0.717, 1.165) is 30.1 Å². The summed E-state index contributed by atoms with van der Waals surface area (Å²) >= 11 is 0. The van der Waals surface area contributed by atoms with Gasteiger partial charge in [-0.3, -0.25) is 4.79 Å². The number of pyridine rings is 1. The van der Waals surface area contributed by atoms with E-state index in [9.17, 15) is 4.79 Å². The molecular weight excluding hydrogens is 302 g/mol. The van der Waals surface area contributed by atoms with Gasteiger partial charge in [-0.1, -0.05) is 19.1 Å². The Morgan fingerprint density at radius 1 is 1.33 bits per heavy atom. The molecular formula is C19H25N3O2. The van der Waals surface area contributed by atoms with Crippen LogP contribution in [-0.2, 0) is 11.2 Å². The van der Waals surface area contributed by atoms with Gasteiger partial charge in [0.25, 0.3) is 0 Å². The summed E-state index contributed by atoms with van der Waals surface area (Å²) < 4.78 is 5.20. The molecule has 0 saturated heterocycles. The van der Waals surface area contributed by atoms with Crippen molar-refractivity contribution >= 4 is 17.4 Å². The number of fused-ring (bicyclic) bond motifs is 1. The van der Waals surface area contributed by atoms with Gasteiger partial charge in [0, 0.05) is 25.2 Å². The Labute approximate surface area is 143 Å². The third-order valence-corrected chi connectivity index (χ3v) is 3.94. The first-order valence-corrected chi connectivity index (χ1v) is 8.05. The molecule has 2 aromatic rings. The average molecular weight is 327 g/mol. The van der Waals surface area contributed by atoms with Gasteiger partial charge in [0.05, 0.1) is 12.8 Å². The van der Waals surface area contributed by atoms with Crippen LogP contribution in [0, 0.1) is 12.8 Å². The van der Waals surface area contributed by atoms with Crippen molar-refractivity contribution in [1.82, 2.24) is 4.98 Å². The molecule has 0 aliphatic carbocycles. The molecule has 2 heterocycles. The average Bonchev–Trinajstić information content (AvgIpc) is 2.54. The molecule has 0 fully saturated rings. The van der Waals surface area contributed by atoms with Crippen LogP contribution in [0.25, 0.3) is 0 Å². The van der Waals surface area contributed by atoms with Crippen LogP contribution in [0.15, 0.2) is 36.4 Å². The number of carbonyl (C=O) groups excluding carboxylic acids is 1. The first kappa shape index (κ1) is 17.8. The topological polar surface area (TPSA) is 68.5 Å². The van der Waals surface area contributed by atoms with Gasteiger partial charge in [0.2, 0.25) is 5.91 Å². The van der Waals surface area contributed by atoms with Gasteiger partial charge in [-0.2, -0.15) is 0 Å². The van der Waals surface area contributed by atoms with E-state index >= 15 is 0 Å². The molecule has 1 aromatic heterocycles. The molecule has 1 aliphatic heterocycles. The molecule has 0 radical (unpaired) electrons. The van der Waals surface area contributed by atoms with Gasteiger partial charge < -0.3 is 15.4 Å². The predicted octanol–water partition coefficient (Wildman–Crippen LogP) is 3.21. The summed E-state index contributed by atoms with van der Waals surface area (Å²) in [7, 11) is 1.64. The molecule has 3 rings (SSSR count). The number of anilines is 2. The Kier molecular flexibility index (Phi) is 5.79. The van der Waals surface area contributed by atoms with E-state index in [1.165, 1.54) is 5.56 Å². The minimum Gasteiger partial charge on any atom is -0.497 e. The molecule has 0 spiro atoms. The van der Waals surface area contributed by atoms with Gasteiger partial charge in [-0.25, -0.2) is 4.98 Å². The molecule has 0 unspecified atom stereocenters. The number of nitrogens with zero attached hydrogens (tertiary/aromatic N) is 2. The fourth-order valence-corrected chi connectivity index (χ4v) is 2.81. The Hall–Kier alpha value is -2.56. The third kappa shape index (κ3) is 4.47. The Bertz CT molecular complexity index is 698. The maximum Gasteiger partial charge on any atom is 0.223 e. The zero-order chi connectivity index (χ0) is 17.7. The second-order valence-corrected chi connectivity index (χ2v) is 6.14. The van der Waals surface area contributed by atoms with Gasteiger partial charge in [-0.05, 0) is 43.0 Å². The SMILES string of the molecule is COc1ccc2c(c1)N(C(C)=O)C[C@H](C)C2.Cc1cccc(N)n1. The standard InChI is InChI=1S/C13H17NO2.C6H8N2/c1-9-6-11-4-5-12(16-3)7-13(11)14(8-9)10(2)15;1-5-3-2-4-6(7)8-5/h4-5,7,9H,6,8H2,1-3H3;2-4H,1H3,(H2,7,8)/t9-;/m1./s1. The second-order valence-electron chi connectivity index (χ2n) is 6.14. The summed E-state index contributed by atoms with van der Waals surface area (Å²) in [6.45, 7) is 6.50. The highest BCUT2D eigenvalue weighted by Gasteiger charge is 2.24. The third-order valence-electron chi connectivity index (χ3n) is 3.94. The monoisotopic (exact) mass is 327 g/mol. The summed E-state index contributed by atoms with van der Waals surface area (Å²) in [5, 5.41) is 0. The lowest BCUT2D eigenvalue weighted by molar-refractivity contribution is -0.116. The summed E-state index contributed by atoms with van der Waals surface area (Å²) in [6.07, 6.45) is 1.03. The largest absolute Gasteiger partial charge is 0.497 e. The van der Waals surface area contributed by atoms with Crippen molar-refractivity contribution < 1.29 is 9.53 Å². The smallest absolute Gasteiger partial charge is 0.223 e. The van der Waals surface area contributed by atoms with Crippen molar-refractivity contribution in [3.63, 3.8) is 0 Å². The fraction of sp³-hybridized carbons (Fsp3) is 0.368. The molecule has 128 valence electrons. The maximum atomic E-state index is 11.6. The summed E-state index contributed by atoms with van der Waals surface area (Å²) in [5.41, 5.74) is 8.55. The second kappa shape index (κ2) is 7.81. The summed E-state index contributed by atoms with van der Waals surface area (Å²) in [5.74, 6) is 2.01. The number of hydrogen-bond donors (Lipinski definition) is 1. The highest BCUT2D eigenvalue weighted by molar-refractivity contribution is 5.93. The maximum absolute atomic E-state index is 11.6. The number of amides is 1. The number of ether oxygens (including phenoxy) is 1. The zero-order valence-electron chi connectivity index (χ0n) is 14.7. The van der Waals surface area contributed by atoms with E-state index < -0.39 is 0 Å². The molecule has 1 aliphatic rings. The van der Waals surface area contributed by atoms with Crippen LogP contribution >= 0.6 is 0 Å². The number of hydrogen-bond acceptors (Lipinski definition) is 4. The molecule has 1 amide bonds. The van der Waals surface area contributed by atoms with Crippen LogP contribution in [-0.4, -0.2) is 24.5 Å². The van der Waals surface area contributed by atoms with Crippen LogP contribution in [0.3, 0.4) is 0 Å². The van der Waals surface area contributed by atoms with E-state index in [1.54, 1.807) is 20.1 Å². The quantitative estimate of drug-likeness (QED) is 0.873. The highest BCUT2D eigenvalue weighted by Crippen LogP contribution is 2.32. The molecule has 1 atom stereocenters. The Morgan fingerprint density at radius 2 is 2.08 bits per heavy atom. The van der Waals surface area contributed by atoms with E-state index in [4.69, 9.17) is 10.5 Å². The fourth-order valence-electron chi connectivity index (χ4n) is 2.81. The number of aromatic nitrogens is 1. The number of nitrogen functional groups attached to an aromatic ring is 1. The highest BCUT2D eigenvalue weighted by atomic mass is 16.5. The van der Waals surface area contributed by atoms with E-state index in [-0.39, 0.29) is 5.91 Å². The molecule has 0 saturated carbocycles. The van der Waals surface area contributed by atoms with Crippen molar-refractivity contribution in [2.45, 2.75) is 27.2 Å². The predicted molar refractivity (Wildman–Crippen MR) is 97.3 cm³/mol. The Morgan fingerprint density at radius 3 is 2.62 bits per heavy atom. The van der Waals surface area contributed by atoms with Gasteiger partial charge in [0.1, 0.15) is 11.6 Å². The van der Waals surface area contributed by atoms with Crippen LogP contribution in [0.2, 0.25) is 0 Å². The summed E-state index contributed by atoms with van der Waals surface area (Å²) in [6, 6.07) is 11.5. The van der Waals surface area contributed by atoms with Crippen LogP contribution < -0.4 is 15.4 Å². The van der Waals surface area contributed by atoms with Gasteiger partial charge in [-0.15, -0.1) is 0 Å². The lowest BCUT2D eigenvalue weighted by atomic mass is 9.94. The number of benzene rings is 1. The van der Waals surface area contributed by atoms with Crippen LogP contribution in [0.1, 0.15) is 25.1 Å². The molecule has 2 N–H and O–H groups in total. The van der Waals surface area contributed by atoms with Crippen LogP contribution in [0.4, 0.5) is 11.5 Å². The van der Waals surface area contributed by atoms with Crippen molar-refractivity contribution in [2.24, 2.45) is 5.92 Å². The molecule has 24 heavy (non-hydrogen) atoms. The van der Waals surface area contributed by atoms with Gasteiger partial charge in [0.15, 0.2) is 0 Å². The summed E-state index contributed by atoms with van der Waals surface area (Å²) in [4.78, 5) is 17.4. The molecule has 0 bridgehead atoms. The van der Waals surface area contributed by atoms with Crippen molar-refractivity contribution in [1.29, 1.82) is 0 Å². The number of methoxy groups -OCH3 is 1. The number of nitrogens with two attached hydrogens (primary N) is 1. The number of aryl methyl sites for hydroxylation is 1. The Balaban J connectivity index is 0.000000219. The van der Waals surface area contributed by atoms with E-state index in [1.807, 2.05) is 36.1 Å². The molecule has 1 aromatic carbocycles. The first-order valence-electron chi connectivity index (χ1n) is 8.05. The minimum absolute atomic E-state index is 0.0982. The lowest BCUT2D eigenvalue weighted by Gasteiger charge is -2.32. The lowest BCUT2D eigenvalue weighted by Crippen LogP contribution is -2.37. The van der Waals surface area contributed by atoms with Crippen LogP contribution in [0.5, 0.6) is 5.75 Å². The normalized spacial score (nSPS) is 15.8. The molecule has 5 heteroatoms. The molecule has 5 nitrogen and oxygen atoms in total. The minimum atomic E-state index is 0.0982. The zero-order valence-corrected chi connectivity index (χ0v) is 14.7. The van der Waals surface area contributed by atoms with Gasteiger partial charge >= 0.3 is 0 Å². The van der Waals surface area contributed by atoms with Crippen molar-refractivity contribution in [3.8, 4) is 5.75 Å². The van der Waals surface area contributed by atoms with Crippen molar-refractivity contribution in [3.05, 3.63) is 47.7 Å². The number of carbonyl (C=O) groups is 1. The van der Waals surface area contributed by atoms with E-state index in [0.29, 0.717) is 11.7 Å². The number of rotatable bonds is 1. The van der Waals surface area contributed by atoms with E-state index in [2.05, 4.69) is 18.0 Å². The first-order chi connectivity index (χ1) is 11.4.